The molecule has 0 radical (unpaired) electrons. The Bertz CT molecular complexity index is 853. The van der Waals surface area contributed by atoms with Crippen LogP contribution in [0, 0.1) is 11.7 Å². The summed E-state index contributed by atoms with van der Waals surface area (Å²) in [6, 6.07) is 6.68. The van der Waals surface area contributed by atoms with Crippen molar-refractivity contribution in [3.63, 3.8) is 0 Å². The molecule has 0 amide bonds. The van der Waals surface area contributed by atoms with Gasteiger partial charge in [0, 0.05) is 24.9 Å². The van der Waals surface area contributed by atoms with Crippen LogP contribution in [-0.4, -0.2) is 17.7 Å². The van der Waals surface area contributed by atoms with Crippen molar-refractivity contribution in [2.75, 3.05) is 11.4 Å². The Labute approximate surface area is 160 Å². The molecule has 5 heteroatoms. The van der Waals surface area contributed by atoms with Gasteiger partial charge in [-0.05, 0) is 43.0 Å². The first kappa shape index (κ1) is 19.1. The van der Waals surface area contributed by atoms with Crippen LogP contribution in [0.5, 0.6) is 0 Å². The maximum absolute atomic E-state index is 13.6. The van der Waals surface area contributed by atoms with Crippen molar-refractivity contribution in [1.29, 1.82) is 0 Å². The van der Waals surface area contributed by atoms with Gasteiger partial charge in [-0.15, -0.1) is 0 Å². The second kappa shape index (κ2) is 8.80. The molecule has 3 rings (SSSR count). The summed E-state index contributed by atoms with van der Waals surface area (Å²) in [6.07, 6.45) is 8.19. The third kappa shape index (κ3) is 4.73. The molecule has 142 valence electrons. The van der Waals surface area contributed by atoms with Gasteiger partial charge in [0.2, 0.25) is 5.89 Å². The number of fused-ring (bicyclic) bond motifs is 1. The van der Waals surface area contributed by atoms with Crippen LogP contribution in [0.15, 0.2) is 52.4 Å². The zero-order valence-electron chi connectivity index (χ0n) is 16.0. The van der Waals surface area contributed by atoms with Gasteiger partial charge in [0.1, 0.15) is 23.0 Å². The van der Waals surface area contributed by atoms with Crippen molar-refractivity contribution in [3.8, 4) is 0 Å². The Morgan fingerprint density at radius 2 is 2.33 bits per heavy atom. The third-order valence-electron chi connectivity index (χ3n) is 4.73. The molecule has 2 aromatic rings. The molecule has 1 aliphatic rings. The maximum Gasteiger partial charge on any atom is 0.245 e. The normalized spacial score (nSPS) is 16.3. The number of halogens is 1. The molecule has 1 aromatic heterocycles. The van der Waals surface area contributed by atoms with E-state index in [1.54, 1.807) is 18.2 Å². The van der Waals surface area contributed by atoms with Crippen molar-refractivity contribution >= 4 is 17.6 Å². The molecule has 2 heterocycles. The molecule has 4 nitrogen and oxygen atoms in total. The van der Waals surface area contributed by atoms with Crippen LogP contribution in [0.25, 0.3) is 5.70 Å². The molecule has 1 unspecified atom stereocenters. The van der Waals surface area contributed by atoms with E-state index in [4.69, 9.17) is 9.40 Å². The summed E-state index contributed by atoms with van der Waals surface area (Å²) in [4.78, 5) is 11.4. The van der Waals surface area contributed by atoms with Crippen LogP contribution in [0.2, 0.25) is 0 Å². The molecule has 1 atom stereocenters. The minimum Gasteiger partial charge on any atom is -0.440 e. The topological polar surface area (TPSA) is 41.6 Å². The number of rotatable bonds is 6. The Balaban J connectivity index is 1.86. The van der Waals surface area contributed by atoms with Crippen LogP contribution in [-0.2, 0) is 13.0 Å². The van der Waals surface area contributed by atoms with Crippen LogP contribution in [0.3, 0.4) is 0 Å². The summed E-state index contributed by atoms with van der Waals surface area (Å²) in [7, 11) is 0. The first-order chi connectivity index (χ1) is 13.1. The first-order valence-corrected chi connectivity index (χ1v) is 9.47. The van der Waals surface area contributed by atoms with E-state index in [0.29, 0.717) is 24.1 Å². The number of benzene rings is 1. The fourth-order valence-corrected chi connectivity index (χ4v) is 2.99. The fourth-order valence-electron chi connectivity index (χ4n) is 2.99. The highest BCUT2D eigenvalue weighted by atomic mass is 19.1. The Morgan fingerprint density at radius 3 is 3.07 bits per heavy atom. The fraction of sp³-hybridized carbons (Fsp3) is 0.364. The van der Waals surface area contributed by atoms with E-state index < -0.39 is 0 Å². The van der Waals surface area contributed by atoms with Crippen LogP contribution in [0.1, 0.15) is 44.0 Å². The number of oxazole rings is 1. The lowest BCUT2D eigenvalue weighted by atomic mass is 10.1. The lowest BCUT2D eigenvalue weighted by Gasteiger charge is -2.22. The third-order valence-corrected chi connectivity index (χ3v) is 4.73. The van der Waals surface area contributed by atoms with Gasteiger partial charge in [-0.2, -0.15) is 0 Å². The number of hydrogen-bond acceptors (Lipinski definition) is 4. The molecular formula is C22H26FN3O. The summed E-state index contributed by atoms with van der Waals surface area (Å²) in [5.41, 5.74) is 2.43. The Hall–Kier alpha value is -2.69. The molecule has 0 bridgehead atoms. The predicted molar refractivity (Wildman–Crippen MR) is 108 cm³/mol. The summed E-state index contributed by atoms with van der Waals surface area (Å²) in [6.45, 7) is 9.45. The standard InChI is InChI=1S/C22H26FN3O/c1-4-8-19(24-14-16(3)5-2)22-25-20-15-26(12-7-11-21(20)27-22)18-10-6-9-17(23)13-18/h4,6,8-10,13-14,16H,1,5,7,11-12,15H2,2-3H3/b19-8-,24-14?. The van der Waals surface area contributed by atoms with Crippen molar-refractivity contribution in [2.45, 2.75) is 39.7 Å². The number of allylic oxidation sites excluding steroid dienone is 2. The minimum atomic E-state index is -0.228. The molecule has 0 saturated heterocycles. The minimum absolute atomic E-state index is 0.228. The van der Waals surface area contributed by atoms with Gasteiger partial charge in [0.05, 0.1) is 6.54 Å². The highest BCUT2D eigenvalue weighted by molar-refractivity contribution is 5.72. The largest absolute Gasteiger partial charge is 0.440 e. The zero-order chi connectivity index (χ0) is 19.2. The van der Waals surface area contributed by atoms with Gasteiger partial charge in [0.25, 0.3) is 0 Å². The summed E-state index contributed by atoms with van der Waals surface area (Å²) < 4.78 is 19.6. The number of aryl methyl sites for hydroxylation is 1. The quantitative estimate of drug-likeness (QED) is 0.506. The Kier molecular flexibility index (Phi) is 6.22. The van der Waals surface area contributed by atoms with Gasteiger partial charge in [-0.3, -0.25) is 4.99 Å². The summed E-state index contributed by atoms with van der Waals surface area (Å²) in [5, 5.41) is 0. The molecule has 0 N–H and O–H groups in total. The van der Waals surface area contributed by atoms with Gasteiger partial charge in [-0.25, -0.2) is 9.37 Å². The van der Waals surface area contributed by atoms with Crippen molar-refractivity contribution in [3.05, 3.63) is 66.2 Å². The molecule has 0 spiro atoms. The number of hydrogen-bond donors (Lipinski definition) is 0. The molecule has 27 heavy (non-hydrogen) atoms. The van der Waals surface area contributed by atoms with E-state index in [0.717, 1.165) is 42.9 Å². The lowest BCUT2D eigenvalue weighted by Crippen LogP contribution is -2.22. The van der Waals surface area contributed by atoms with Gasteiger partial charge >= 0.3 is 0 Å². The van der Waals surface area contributed by atoms with E-state index >= 15 is 0 Å². The summed E-state index contributed by atoms with van der Waals surface area (Å²) in [5.74, 6) is 1.56. The molecule has 0 saturated carbocycles. The number of nitrogens with zero attached hydrogens (tertiary/aromatic N) is 3. The molecule has 1 aromatic carbocycles. The van der Waals surface area contributed by atoms with Crippen LogP contribution < -0.4 is 4.90 Å². The molecule has 0 fully saturated rings. The molecule has 0 aliphatic carbocycles. The smallest absolute Gasteiger partial charge is 0.245 e. The van der Waals surface area contributed by atoms with E-state index in [1.165, 1.54) is 6.07 Å². The van der Waals surface area contributed by atoms with E-state index in [1.807, 2.05) is 18.4 Å². The maximum atomic E-state index is 13.6. The SMILES string of the molecule is C=C/C=C(\N=CC(C)CC)c1nc2c(o1)CCCN(c1cccc(F)c1)C2. The van der Waals surface area contributed by atoms with E-state index in [-0.39, 0.29) is 5.82 Å². The second-order valence-electron chi connectivity index (χ2n) is 6.85. The highest BCUT2D eigenvalue weighted by Crippen LogP contribution is 2.27. The van der Waals surface area contributed by atoms with Crippen LogP contribution >= 0.6 is 0 Å². The zero-order valence-corrected chi connectivity index (χ0v) is 16.0. The lowest BCUT2D eigenvalue weighted by molar-refractivity contribution is 0.486. The number of aromatic nitrogens is 1. The Morgan fingerprint density at radius 1 is 1.48 bits per heavy atom. The van der Waals surface area contributed by atoms with Gasteiger partial charge < -0.3 is 9.32 Å². The van der Waals surface area contributed by atoms with Gasteiger partial charge in [-0.1, -0.05) is 32.6 Å². The van der Waals surface area contributed by atoms with Crippen molar-refractivity contribution in [2.24, 2.45) is 10.9 Å². The van der Waals surface area contributed by atoms with E-state index in [9.17, 15) is 4.39 Å². The summed E-state index contributed by atoms with van der Waals surface area (Å²) >= 11 is 0. The van der Waals surface area contributed by atoms with Crippen molar-refractivity contribution in [1.82, 2.24) is 4.98 Å². The second-order valence-corrected chi connectivity index (χ2v) is 6.85. The van der Waals surface area contributed by atoms with Crippen molar-refractivity contribution < 1.29 is 8.81 Å². The average molecular weight is 367 g/mol. The predicted octanol–water partition coefficient (Wildman–Crippen LogP) is 5.41. The van der Waals surface area contributed by atoms with Gasteiger partial charge in [0.15, 0.2) is 0 Å². The molecule has 1 aliphatic heterocycles. The van der Waals surface area contributed by atoms with Crippen LogP contribution in [0.4, 0.5) is 10.1 Å². The van der Waals surface area contributed by atoms with E-state index in [2.05, 4.69) is 30.3 Å². The number of anilines is 1. The average Bonchev–Trinajstić information content (AvgIpc) is 2.96. The highest BCUT2D eigenvalue weighted by Gasteiger charge is 2.22. The number of aliphatic imine (C=N–C) groups is 1. The molecular weight excluding hydrogens is 341 g/mol. The first-order valence-electron chi connectivity index (χ1n) is 9.47. The monoisotopic (exact) mass is 367 g/mol.